The molecule has 1 aliphatic rings. The molecule has 2 rings (SSSR count). The van der Waals surface area contributed by atoms with E-state index < -0.39 is 4.92 Å². The molecule has 0 heterocycles. The molecule has 0 radical (unpaired) electrons. The first-order chi connectivity index (χ1) is 7.22. The molecule has 5 nitrogen and oxygen atoms in total. The molecule has 0 spiro atoms. The average Bonchev–Trinajstić information content (AvgIpc) is 2.27. The highest BCUT2D eigenvalue weighted by Gasteiger charge is 2.27. The third kappa shape index (κ3) is 1.66. The van der Waals surface area contributed by atoms with Crippen molar-refractivity contribution in [2.24, 2.45) is 0 Å². The average molecular weight is 204 g/mol. The first-order valence-electron chi connectivity index (χ1n) is 4.87. The van der Waals surface area contributed by atoms with Gasteiger partial charge < -0.3 is 0 Å². The molecule has 0 saturated carbocycles. The summed E-state index contributed by atoms with van der Waals surface area (Å²) in [6, 6.07) is 3.15. The summed E-state index contributed by atoms with van der Waals surface area (Å²) < 4.78 is 0. The van der Waals surface area contributed by atoms with Crippen LogP contribution >= 0.6 is 0 Å². The Hall–Kier alpha value is -1.96. The number of hydrogen-bond donors (Lipinski definition) is 0. The van der Waals surface area contributed by atoms with E-state index >= 15 is 0 Å². The van der Waals surface area contributed by atoms with Crippen molar-refractivity contribution in [3.05, 3.63) is 38.3 Å². The van der Waals surface area contributed by atoms with Gasteiger partial charge in [-0.15, -0.1) is 0 Å². The molecule has 0 saturated heterocycles. The van der Waals surface area contributed by atoms with Crippen molar-refractivity contribution in [3.63, 3.8) is 0 Å². The van der Waals surface area contributed by atoms with Crippen LogP contribution in [0, 0.1) is 15.5 Å². The lowest BCUT2D eigenvalue weighted by molar-refractivity contribution is -0.383. The molecule has 0 unspecified atom stereocenters. The molecule has 0 aliphatic heterocycles. The molecular weight excluding hydrogens is 194 g/mol. The summed E-state index contributed by atoms with van der Waals surface area (Å²) in [6.45, 7) is 0. The fraction of sp³-hybridized carbons (Fsp3) is 0.400. The largest absolute Gasteiger partial charge is 0.461 e. The van der Waals surface area contributed by atoms with Crippen LogP contribution in [-0.4, -0.2) is 4.92 Å². The highest BCUT2D eigenvalue weighted by atomic mass is 16.6. The Bertz CT molecular complexity index is 462. The number of nitro groups is 1. The Morgan fingerprint density at radius 3 is 2.40 bits per heavy atom. The summed E-state index contributed by atoms with van der Waals surface area (Å²) in [4.78, 5) is 13.1. The van der Waals surface area contributed by atoms with E-state index in [1.54, 1.807) is 6.07 Å². The van der Waals surface area contributed by atoms with Crippen LogP contribution in [0.5, 0.6) is 0 Å². The van der Waals surface area contributed by atoms with Gasteiger partial charge in [0.1, 0.15) is 0 Å². The molecule has 1 aromatic carbocycles. The van der Waals surface area contributed by atoms with Gasteiger partial charge in [-0.3, -0.25) is 10.1 Å². The number of nitro benzene ring substituents is 1. The fourth-order valence-corrected chi connectivity index (χ4v) is 1.99. The van der Waals surface area contributed by atoms with Crippen LogP contribution in [0.15, 0.2) is 12.1 Å². The second-order valence-electron chi connectivity index (χ2n) is 3.67. The summed E-state index contributed by atoms with van der Waals surface area (Å²) in [6.07, 6.45) is 3.95. The molecule has 0 bridgehead atoms. The first kappa shape index (κ1) is 9.59. The zero-order valence-electron chi connectivity index (χ0n) is 8.14. The van der Waals surface area contributed by atoms with Gasteiger partial charge in [-0.05, 0) is 36.8 Å². The second-order valence-corrected chi connectivity index (χ2v) is 3.67. The normalized spacial score (nSPS) is 14.1. The topological polar surface area (TPSA) is 71.3 Å². The molecule has 0 aromatic heterocycles. The Morgan fingerprint density at radius 2 is 1.87 bits per heavy atom. The Morgan fingerprint density at radius 1 is 1.27 bits per heavy atom. The van der Waals surface area contributed by atoms with Crippen LogP contribution in [0.4, 0.5) is 11.4 Å². The molecule has 0 fully saturated rings. The lowest BCUT2D eigenvalue weighted by Gasteiger charge is -2.13. The van der Waals surface area contributed by atoms with E-state index in [0.29, 0.717) is 0 Å². The van der Waals surface area contributed by atoms with Crippen molar-refractivity contribution in [1.29, 1.82) is 5.39 Å². The number of hydrogen-bond acceptors (Lipinski definition) is 3. The predicted molar refractivity (Wildman–Crippen MR) is 54.5 cm³/mol. The van der Waals surface area contributed by atoms with Crippen LogP contribution in [0.3, 0.4) is 0 Å². The van der Waals surface area contributed by atoms with Gasteiger partial charge in [0.15, 0.2) is 4.98 Å². The molecule has 15 heavy (non-hydrogen) atoms. The number of aryl methyl sites for hydroxylation is 2. The van der Waals surface area contributed by atoms with Gasteiger partial charge in [0, 0.05) is 12.1 Å². The molecule has 5 heteroatoms. The van der Waals surface area contributed by atoms with E-state index in [0.717, 1.165) is 36.8 Å². The van der Waals surface area contributed by atoms with Gasteiger partial charge in [0.25, 0.3) is 0 Å². The second kappa shape index (κ2) is 3.65. The van der Waals surface area contributed by atoms with Gasteiger partial charge in [-0.1, -0.05) is 0 Å². The lowest BCUT2D eigenvalue weighted by atomic mass is 9.91. The molecule has 0 atom stereocenters. The van der Waals surface area contributed by atoms with E-state index in [1.165, 1.54) is 6.07 Å². The quantitative estimate of drug-likeness (QED) is 0.401. The lowest BCUT2D eigenvalue weighted by Crippen LogP contribution is -2.03. The van der Waals surface area contributed by atoms with Crippen molar-refractivity contribution < 1.29 is 4.92 Å². The maximum atomic E-state index is 10.7. The maximum Gasteiger partial charge on any atom is 0.461 e. The van der Waals surface area contributed by atoms with Crippen molar-refractivity contribution in [2.45, 2.75) is 25.7 Å². The number of benzene rings is 1. The Labute approximate surface area is 86.5 Å². The van der Waals surface area contributed by atoms with Crippen LogP contribution in [0.25, 0.3) is 4.98 Å². The standard InChI is InChI=1S/C10H10N3O2/c11-12-9-5-7-3-1-2-4-8(7)6-10(9)13(14)15/h5-6H,1-4H2/q+1. The minimum absolute atomic E-state index is 0.0562. The Kier molecular flexibility index (Phi) is 2.34. The molecule has 1 aromatic rings. The van der Waals surface area contributed by atoms with Gasteiger partial charge in [-0.25, -0.2) is 0 Å². The SMILES string of the molecule is N#[N+]c1cc2c(cc1[N+](=O)[O-])CCCC2. The minimum atomic E-state index is -0.510. The van der Waals surface area contributed by atoms with Gasteiger partial charge in [-0.2, -0.15) is 0 Å². The van der Waals surface area contributed by atoms with E-state index in [4.69, 9.17) is 5.39 Å². The number of diazo groups is 1. The van der Waals surface area contributed by atoms with Crippen molar-refractivity contribution in [3.8, 4) is 0 Å². The van der Waals surface area contributed by atoms with E-state index in [1.807, 2.05) is 0 Å². The number of fused-ring (bicyclic) bond motifs is 1. The summed E-state index contributed by atoms with van der Waals surface area (Å²) in [5.41, 5.74) is 2.03. The van der Waals surface area contributed by atoms with Crippen molar-refractivity contribution >= 4 is 11.4 Å². The molecule has 0 N–H and O–H groups in total. The van der Waals surface area contributed by atoms with Crippen LogP contribution in [-0.2, 0) is 12.8 Å². The fourth-order valence-electron chi connectivity index (χ4n) is 1.99. The highest BCUT2D eigenvalue weighted by Crippen LogP contribution is 2.34. The van der Waals surface area contributed by atoms with Gasteiger partial charge in [0.2, 0.25) is 5.39 Å². The van der Waals surface area contributed by atoms with E-state index in [2.05, 4.69) is 4.98 Å². The number of rotatable bonds is 1. The molecular formula is C10H10N3O2+. The molecule has 0 amide bonds. The first-order valence-corrected chi connectivity index (χ1v) is 4.87. The summed E-state index contributed by atoms with van der Waals surface area (Å²) >= 11 is 0. The molecule has 76 valence electrons. The van der Waals surface area contributed by atoms with Gasteiger partial charge in [0.05, 0.1) is 4.92 Å². The zero-order chi connectivity index (χ0) is 10.8. The third-order valence-corrected chi connectivity index (χ3v) is 2.74. The van der Waals surface area contributed by atoms with E-state index in [9.17, 15) is 10.1 Å². The van der Waals surface area contributed by atoms with Crippen LogP contribution < -0.4 is 0 Å². The minimum Gasteiger partial charge on any atom is -0.258 e. The summed E-state index contributed by atoms with van der Waals surface area (Å²) in [5, 5.41) is 19.4. The van der Waals surface area contributed by atoms with Crippen LogP contribution in [0.2, 0.25) is 0 Å². The van der Waals surface area contributed by atoms with Gasteiger partial charge >= 0.3 is 11.4 Å². The smallest absolute Gasteiger partial charge is 0.258 e. The van der Waals surface area contributed by atoms with E-state index in [-0.39, 0.29) is 11.4 Å². The van der Waals surface area contributed by atoms with Crippen molar-refractivity contribution in [2.75, 3.05) is 0 Å². The zero-order valence-corrected chi connectivity index (χ0v) is 8.14. The predicted octanol–water partition coefficient (Wildman–Crippen LogP) is 2.96. The third-order valence-electron chi connectivity index (χ3n) is 2.74. The maximum absolute atomic E-state index is 10.7. The molecule has 1 aliphatic carbocycles. The van der Waals surface area contributed by atoms with Crippen molar-refractivity contribution in [1.82, 2.24) is 0 Å². The summed E-state index contributed by atoms with van der Waals surface area (Å²) in [7, 11) is 0. The van der Waals surface area contributed by atoms with Crippen LogP contribution in [0.1, 0.15) is 24.0 Å². The Balaban J connectivity index is 2.57. The summed E-state index contributed by atoms with van der Waals surface area (Å²) in [5.74, 6) is 0. The highest BCUT2D eigenvalue weighted by molar-refractivity contribution is 5.65. The monoisotopic (exact) mass is 204 g/mol. The number of nitrogens with zero attached hydrogens (tertiary/aromatic N) is 3.